The highest BCUT2D eigenvalue weighted by Crippen LogP contribution is 2.20. The minimum absolute atomic E-state index is 0.0847. The van der Waals surface area contributed by atoms with Crippen molar-refractivity contribution in [3.05, 3.63) is 31.9 Å². The molecule has 0 aliphatic heterocycles. The van der Waals surface area contributed by atoms with Crippen LogP contribution in [0.15, 0.2) is 17.1 Å². The van der Waals surface area contributed by atoms with Crippen LogP contribution in [0.4, 0.5) is 0 Å². The first-order chi connectivity index (χ1) is 9.04. The Labute approximate surface area is 125 Å². The monoisotopic (exact) mass is 372 g/mol. The van der Waals surface area contributed by atoms with E-state index in [4.69, 9.17) is 0 Å². The largest absolute Gasteiger partial charge is 0.304 e. The Hall–Kier alpha value is -1.18. The summed E-state index contributed by atoms with van der Waals surface area (Å²) < 4.78 is 2.54. The van der Waals surface area contributed by atoms with Crippen LogP contribution in [0.3, 0.4) is 0 Å². The Kier molecular flexibility index (Phi) is 4.38. The normalized spacial score (nSPS) is 11.2. The molecule has 1 N–H and O–H groups in total. The Morgan fingerprint density at radius 2 is 2.21 bits per heavy atom. The third-order valence-corrected chi connectivity index (χ3v) is 3.87. The van der Waals surface area contributed by atoms with Crippen LogP contribution < -0.4 is 5.56 Å². The van der Waals surface area contributed by atoms with E-state index in [9.17, 15) is 4.79 Å². The highest BCUT2D eigenvalue weighted by Gasteiger charge is 2.15. The summed E-state index contributed by atoms with van der Waals surface area (Å²) in [5, 5.41) is 4.26. The number of aromatic amines is 1. The fraction of sp³-hybridized carbons (Fsp3) is 0.462. The van der Waals surface area contributed by atoms with E-state index in [-0.39, 0.29) is 11.5 Å². The number of hydrogen-bond acceptors (Lipinski definition) is 3. The van der Waals surface area contributed by atoms with Gasteiger partial charge in [0.05, 0.1) is 9.26 Å². The predicted molar refractivity (Wildman–Crippen MR) is 83.2 cm³/mol. The Morgan fingerprint density at radius 1 is 1.47 bits per heavy atom. The van der Waals surface area contributed by atoms with Gasteiger partial charge < -0.3 is 4.98 Å². The molecule has 19 heavy (non-hydrogen) atoms. The molecule has 0 radical (unpaired) electrons. The van der Waals surface area contributed by atoms with Gasteiger partial charge in [0, 0.05) is 12.7 Å². The molecule has 0 aliphatic rings. The summed E-state index contributed by atoms with van der Waals surface area (Å²) in [6.45, 7) is 6.98. The third-order valence-electron chi connectivity index (χ3n) is 2.83. The van der Waals surface area contributed by atoms with Gasteiger partial charge in [-0.25, -0.2) is 4.98 Å². The molecule has 2 rings (SSSR count). The third kappa shape index (κ3) is 2.88. The Morgan fingerprint density at radius 3 is 2.84 bits per heavy atom. The van der Waals surface area contributed by atoms with Crippen molar-refractivity contribution in [2.45, 2.75) is 39.7 Å². The lowest BCUT2D eigenvalue weighted by atomic mass is 10.1. The first-order valence-corrected chi connectivity index (χ1v) is 7.44. The first-order valence-electron chi connectivity index (χ1n) is 6.36. The average molecular weight is 372 g/mol. The van der Waals surface area contributed by atoms with E-state index in [0.29, 0.717) is 9.39 Å². The average Bonchev–Trinajstić information content (AvgIpc) is 2.81. The summed E-state index contributed by atoms with van der Waals surface area (Å²) in [6.07, 6.45) is 2.72. The highest BCUT2D eigenvalue weighted by molar-refractivity contribution is 14.1. The van der Waals surface area contributed by atoms with Crippen LogP contribution in [0.25, 0.3) is 11.5 Å². The molecule has 5 nitrogen and oxygen atoms in total. The summed E-state index contributed by atoms with van der Waals surface area (Å²) in [5.41, 5.74) is 1.61. The van der Waals surface area contributed by atoms with E-state index in [1.807, 2.05) is 24.6 Å². The minimum atomic E-state index is -0.0847. The second-order valence-electron chi connectivity index (χ2n) is 4.71. The maximum absolute atomic E-state index is 12.0. The maximum Gasteiger partial charge on any atom is 0.264 e. The van der Waals surface area contributed by atoms with Crippen LogP contribution in [0, 0.1) is 3.57 Å². The first kappa shape index (κ1) is 14.2. The van der Waals surface area contributed by atoms with Gasteiger partial charge in [-0.05, 0) is 41.0 Å². The van der Waals surface area contributed by atoms with Crippen molar-refractivity contribution >= 4 is 22.6 Å². The number of nitrogens with zero attached hydrogens (tertiary/aromatic N) is 3. The van der Waals surface area contributed by atoms with Crippen molar-refractivity contribution < 1.29 is 0 Å². The van der Waals surface area contributed by atoms with Gasteiger partial charge in [-0.15, -0.1) is 0 Å². The molecule has 0 fully saturated rings. The van der Waals surface area contributed by atoms with Gasteiger partial charge in [0.15, 0.2) is 5.82 Å². The van der Waals surface area contributed by atoms with E-state index in [0.717, 1.165) is 24.4 Å². The van der Waals surface area contributed by atoms with Crippen molar-refractivity contribution in [2.75, 3.05) is 0 Å². The molecular formula is C13H17IN4O. The summed E-state index contributed by atoms with van der Waals surface area (Å²) in [5.74, 6) is 0.815. The van der Waals surface area contributed by atoms with Gasteiger partial charge in [-0.1, -0.05) is 20.8 Å². The number of aromatic nitrogens is 4. The molecule has 2 aromatic heterocycles. The zero-order valence-electron chi connectivity index (χ0n) is 11.3. The second-order valence-corrected chi connectivity index (χ2v) is 5.79. The SMILES string of the molecule is CCCn1nccc1-c1nc(C(C)C)c(I)c(=O)[nH]1. The topological polar surface area (TPSA) is 63.6 Å². The zero-order valence-corrected chi connectivity index (χ0v) is 13.4. The summed E-state index contributed by atoms with van der Waals surface area (Å²) in [6, 6.07) is 1.88. The molecule has 0 aromatic carbocycles. The molecule has 6 heteroatoms. The fourth-order valence-corrected chi connectivity index (χ4v) is 2.78. The number of halogens is 1. The van der Waals surface area contributed by atoms with E-state index in [2.05, 4.69) is 44.6 Å². The molecule has 0 atom stereocenters. The number of rotatable bonds is 4. The van der Waals surface area contributed by atoms with Crippen LogP contribution >= 0.6 is 22.6 Å². The van der Waals surface area contributed by atoms with Crippen LogP contribution in [0.5, 0.6) is 0 Å². The van der Waals surface area contributed by atoms with Gasteiger partial charge in [-0.2, -0.15) is 5.10 Å². The molecule has 0 spiro atoms. The minimum Gasteiger partial charge on any atom is -0.304 e. The molecule has 2 aromatic rings. The second kappa shape index (κ2) is 5.85. The summed E-state index contributed by atoms with van der Waals surface area (Å²) in [7, 11) is 0. The molecule has 0 aliphatic carbocycles. The van der Waals surface area contributed by atoms with Gasteiger partial charge >= 0.3 is 0 Å². The van der Waals surface area contributed by atoms with Gasteiger partial charge in [0.1, 0.15) is 5.69 Å². The molecule has 0 saturated heterocycles. The summed E-state index contributed by atoms with van der Waals surface area (Å²) >= 11 is 2.05. The lowest BCUT2D eigenvalue weighted by Crippen LogP contribution is -2.18. The molecule has 0 amide bonds. The Balaban J connectivity index is 2.57. The standard InChI is InChI=1S/C13H17IN4O/c1-4-7-18-9(5-6-15-18)12-16-11(8(2)3)10(14)13(19)17-12/h5-6,8H,4,7H2,1-3H3,(H,16,17,19). The molecule has 0 unspecified atom stereocenters. The molecule has 0 saturated carbocycles. The van der Waals surface area contributed by atoms with Crippen LogP contribution in [0.2, 0.25) is 0 Å². The number of hydrogen-bond donors (Lipinski definition) is 1. The highest BCUT2D eigenvalue weighted by atomic mass is 127. The van der Waals surface area contributed by atoms with Crippen molar-refractivity contribution in [1.82, 2.24) is 19.7 Å². The smallest absolute Gasteiger partial charge is 0.264 e. The van der Waals surface area contributed by atoms with Crippen LogP contribution in [0.1, 0.15) is 38.8 Å². The van der Waals surface area contributed by atoms with Crippen molar-refractivity contribution in [2.24, 2.45) is 0 Å². The van der Waals surface area contributed by atoms with Crippen LogP contribution in [-0.4, -0.2) is 19.7 Å². The van der Waals surface area contributed by atoms with E-state index < -0.39 is 0 Å². The lowest BCUT2D eigenvalue weighted by Gasteiger charge is -2.10. The molecular weight excluding hydrogens is 355 g/mol. The van der Waals surface area contributed by atoms with Gasteiger partial charge in [-0.3, -0.25) is 9.48 Å². The molecule has 0 bridgehead atoms. The predicted octanol–water partition coefficient (Wildman–Crippen LogP) is 2.77. The zero-order chi connectivity index (χ0) is 14.0. The van der Waals surface area contributed by atoms with E-state index in [1.165, 1.54) is 0 Å². The maximum atomic E-state index is 12.0. The lowest BCUT2D eigenvalue weighted by molar-refractivity contribution is 0.606. The number of nitrogens with one attached hydrogen (secondary N) is 1. The fourth-order valence-electron chi connectivity index (χ4n) is 1.90. The van der Waals surface area contributed by atoms with Crippen molar-refractivity contribution in [3.63, 3.8) is 0 Å². The van der Waals surface area contributed by atoms with Gasteiger partial charge in [0.2, 0.25) is 0 Å². The van der Waals surface area contributed by atoms with Crippen molar-refractivity contribution in [3.8, 4) is 11.5 Å². The quantitative estimate of drug-likeness (QED) is 0.840. The van der Waals surface area contributed by atoms with E-state index in [1.54, 1.807) is 6.20 Å². The number of H-pyrrole nitrogens is 1. The molecule has 2 heterocycles. The molecule has 102 valence electrons. The van der Waals surface area contributed by atoms with Crippen LogP contribution in [-0.2, 0) is 6.54 Å². The summed E-state index contributed by atoms with van der Waals surface area (Å²) in [4.78, 5) is 19.4. The van der Waals surface area contributed by atoms with Gasteiger partial charge in [0.25, 0.3) is 5.56 Å². The van der Waals surface area contributed by atoms with Crippen molar-refractivity contribution in [1.29, 1.82) is 0 Å². The number of aryl methyl sites for hydroxylation is 1. The van der Waals surface area contributed by atoms with E-state index >= 15 is 0 Å². The Bertz CT molecular complexity index is 630.